The summed E-state index contributed by atoms with van der Waals surface area (Å²) in [4.78, 5) is 15.4. The molecule has 1 aliphatic heterocycles. The average Bonchev–Trinajstić information content (AvgIpc) is 3.23. The molecule has 6 nitrogen and oxygen atoms in total. The van der Waals surface area contributed by atoms with E-state index in [2.05, 4.69) is 4.90 Å². The maximum atomic E-state index is 11.6. The largest absolute Gasteiger partial charge is 0.450 e. The number of hydrogen-bond acceptors (Lipinski definition) is 5. The van der Waals surface area contributed by atoms with Crippen molar-refractivity contribution in [3.05, 3.63) is 0 Å². The lowest BCUT2D eigenvalue weighted by molar-refractivity contribution is -0.0257. The van der Waals surface area contributed by atoms with E-state index in [-0.39, 0.29) is 6.09 Å². The minimum absolute atomic E-state index is 0.255. The van der Waals surface area contributed by atoms with E-state index in [9.17, 15) is 15.0 Å². The first-order valence-electron chi connectivity index (χ1n) is 7.97. The Morgan fingerprint density at radius 2 is 1.95 bits per heavy atom. The van der Waals surface area contributed by atoms with Crippen LogP contribution in [0.25, 0.3) is 0 Å². The average molecular weight is 300 g/mol. The second-order valence-electron chi connectivity index (χ2n) is 6.48. The van der Waals surface area contributed by atoms with Gasteiger partial charge in [-0.2, -0.15) is 0 Å². The van der Waals surface area contributed by atoms with E-state index in [4.69, 9.17) is 4.74 Å². The summed E-state index contributed by atoms with van der Waals surface area (Å²) in [5, 5.41) is 20.4. The number of β-amino-alcohol motifs (C(OH)–C–C–N with tert-alkyl or cyclic N) is 1. The molecule has 1 saturated heterocycles. The van der Waals surface area contributed by atoms with Crippen LogP contribution in [0.15, 0.2) is 0 Å². The standard InChI is InChI=1S/C15H28N2O4/c1-3-21-14(19)17-8-6-16(7-9-17)11-13(18)10-15(2,20)12-4-5-12/h12-13,18,20H,3-11H2,1-2H3. The van der Waals surface area contributed by atoms with Crippen LogP contribution >= 0.6 is 0 Å². The number of aliphatic hydroxyl groups is 2. The molecule has 1 saturated carbocycles. The van der Waals surface area contributed by atoms with Gasteiger partial charge in [-0.05, 0) is 32.6 Å². The zero-order chi connectivity index (χ0) is 15.5. The zero-order valence-electron chi connectivity index (χ0n) is 13.1. The van der Waals surface area contributed by atoms with Crippen LogP contribution in [0.5, 0.6) is 0 Å². The molecule has 0 aromatic heterocycles. The predicted molar refractivity (Wildman–Crippen MR) is 79.0 cm³/mol. The molecule has 0 spiro atoms. The Labute approximate surface area is 126 Å². The van der Waals surface area contributed by atoms with Gasteiger partial charge >= 0.3 is 6.09 Å². The van der Waals surface area contributed by atoms with Gasteiger partial charge in [0.1, 0.15) is 0 Å². The molecule has 21 heavy (non-hydrogen) atoms. The number of carbonyl (C=O) groups excluding carboxylic acids is 1. The smallest absolute Gasteiger partial charge is 0.409 e. The third-order valence-corrected chi connectivity index (χ3v) is 4.47. The Hall–Kier alpha value is -0.850. The van der Waals surface area contributed by atoms with E-state index in [1.807, 2.05) is 6.92 Å². The first-order chi connectivity index (χ1) is 9.92. The van der Waals surface area contributed by atoms with Gasteiger partial charge in [-0.1, -0.05) is 0 Å². The number of rotatable bonds is 6. The molecule has 0 radical (unpaired) electrons. The van der Waals surface area contributed by atoms with Gasteiger partial charge in [0.2, 0.25) is 0 Å². The first-order valence-corrected chi connectivity index (χ1v) is 7.97. The highest BCUT2D eigenvalue weighted by atomic mass is 16.6. The second-order valence-corrected chi connectivity index (χ2v) is 6.48. The third-order valence-electron chi connectivity index (χ3n) is 4.47. The maximum absolute atomic E-state index is 11.6. The van der Waals surface area contributed by atoms with Gasteiger partial charge in [-0.15, -0.1) is 0 Å². The zero-order valence-corrected chi connectivity index (χ0v) is 13.1. The SMILES string of the molecule is CCOC(=O)N1CCN(CC(O)CC(C)(O)C2CC2)CC1. The van der Waals surface area contributed by atoms with Crippen LogP contribution in [0.1, 0.15) is 33.1 Å². The monoisotopic (exact) mass is 300 g/mol. The molecular weight excluding hydrogens is 272 g/mol. The van der Waals surface area contributed by atoms with Crippen LogP contribution in [-0.4, -0.2) is 77.1 Å². The minimum atomic E-state index is -0.744. The lowest BCUT2D eigenvalue weighted by Crippen LogP contribution is -2.51. The highest BCUT2D eigenvalue weighted by Crippen LogP contribution is 2.41. The Kier molecular flexibility index (Phi) is 5.46. The fraction of sp³-hybridized carbons (Fsp3) is 0.933. The summed E-state index contributed by atoms with van der Waals surface area (Å²) in [6.45, 7) is 7.31. The topological polar surface area (TPSA) is 73.2 Å². The summed E-state index contributed by atoms with van der Waals surface area (Å²) in [6.07, 6.45) is 1.79. The fourth-order valence-electron chi connectivity index (χ4n) is 3.04. The lowest BCUT2D eigenvalue weighted by atomic mass is 9.93. The first kappa shape index (κ1) is 16.5. The molecule has 2 atom stereocenters. The molecular formula is C15H28N2O4. The van der Waals surface area contributed by atoms with E-state index in [1.54, 1.807) is 11.8 Å². The Bertz CT molecular complexity index is 350. The van der Waals surface area contributed by atoms with Crippen molar-refractivity contribution < 1.29 is 19.7 Å². The molecule has 1 amide bonds. The molecule has 2 N–H and O–H groups in total. The molecule has 0 aromatic carbocycles. The molecule has 2 fully saturated rings. The molecule has 122 valence electrons. The molecule has 1 aliphatic carbocycles. The maximum Gasteiger partial charge on any atom is 0.409 e. The van der Waals surface area contributed by atoms with Crippen molar-refractivity contribution in [1.82, 2.24) is 9.80 Å². The van der Waals surface area contributed by atoms with E-state index in [0.29, 0.717) is 38.6 Å². The van der Waals surface area contributed by atoms with Crippen molar-refractivity contribution >= 4 is 6.09 Å². The highest BCUT2D eigenvalue weighted by molar-refractivity contribution is 5.67. The van der Waals surface area contributed by atoms with Gasteiger partial charge in [0.25, 0.3) is 0 Å². The van der Waals surface area contributed by atoms with Crippen LogP contribution in [-0.2, 0) is 4.74 Å². The van der Waals surface area contributed by atoms with Gasteiger partial charge in [0, 0.05) is 39.1 Å². The summed E-state index contributed by atoms with van der Waals surface area (Å²) in [5.74, 6) is 0.354. The Balaban J connectivity index is 1.69. The van der Waals surface area contributed by atoms with Crippen LogP contribution in [0.2, 0.25) is 0 Å². The molecule has 2 aliphatic rings. The number of hydrogen-bond donors (Lipinski definition) is 2. The van der Waals surface area contributed by atoms with Crippen LogP contribution in [0.4, 0.5) is 4.79 Å². The van der Waals surface area contributed by atoms with Gasteiger partial charge in [-0.3, -0.25) is 4.90 Å². The quantitative estimate of drug-likeness (QED) is 0.754. The van der Waals surface area contributed by atoms with Gasteiger partial charge in [-0.25, -0.2) is 4.79 Å². The summed E-state index contributed by atoms with van der Waals surface area (Å²) in [7, 11) is 0. The molecule has 0 aromatic rings. The third kappa shape index (κ3) is 4.83. The van der Waals surface area contributed by atoms with Gasteiger partial charge < -0.3 is 19.8 Å². The van der Waals surface area contributed by atoms with E-state index < -0.39 is 11.7 Å². The van der Waals surface area contributed by atoms with Crippen molar-refractivity contribution in [3.8, 4) is 0 Å². The highest BCUT2D eigenvalue weighted by Gasteiger charge is 2.41. The Morgan fingerprint density at radius 1 is 1.33 bits per heavy atom. The summed E-state index contributed by atoms with van der Waals surface area (Å²) < 4.78 is 4.98. The molecule has 1 heterocycles. The summed E-state index contributed by atoms with van der Waals surface area (Å²) >= 11 is 0. The Morgan fingerprint density at radius 3 is 2.48 bits per heavy atom. The predicted octanol–water partition coefficient (Wildman–Crippen LogP) is 0.672. The number of ether oxygens (including phenoxy) is 1. The van der Waals surface area contributed by atoms with Crippen LogP contribution < -0.4 is 0 Å². The van der Waals surface area contributed by atoms with Crippen molar-refractivity contribution in [2.24, 2.45) is 5.92 Å². The van der Waals surface area contributed by atoms with Crippen molar-refractivity contribution in [2.75, 3.05) is 39.3 Å². The van der Waals surface area contributed by atoms with Gasteiger partial charge in [0.05, 0.1) is 18.3 Å². The normalized spacial score (nSPS) is 24.5. The van der Waals surface area contributed by atoms with Crippen molar-refractivity contribution in [1.29, 1.82) is 0 Å². The van der Waals surface area contributed by atoms with Crippen molar-refractivity contribution in [2.45, 2.75) is 44.8 Å². The number of piperazine rings is 1. The number of amides is 1. The molecule has 0 bridgehead atoms. The molecule has 6 heteroatoms. The summed E-state index contributed by atoms with van der Waals surface area (Å²) in [6, 6.07) is 0. The van der Waals surface area contributed by atoms with Crippen LogP contribution in [0, 0.1) is 5.92 Å². The number of aliphatic hydroxyl groups excluding tert-OH is 1. The molecule has 2 rings (SSSR count). The minimum Gasteiger partial charge on any atom is -0.450 e. The van der Waals surface area contributed by atoms with E-state index in [0.717, 1.165) is 25.9 Å². The van der Waals surface area contributed by atoms with Gasteiger partial charge in [0.15, 0.2) is 0 Å². The number of nitrogens with zero attached hydrogens (tertiary/aromatic N) is 2. The van der Waals surface area contributed by atoms with E-state index >= 15 is 0 Å². The fourth-order valence-corrected chi connectivity index (χ4v) is 3.04. The van der Waals surface area contributed by atoms with E-state index in [1.165, 1.54) is 0 Å². The van der Waals surface area contributed by atoms with Crippen molar-refractivity contribution in [3.63, 3.8) is 0 Å². The van der Waals surface area contributed by atoms with Crippen LogP contribution in [0.3, 0.4) is 0 Å². The lowest BCUT2D eigenvalue weighted by Gasteiger charge is -2.36. The second kappa shape index (κ2) is 6.94. The summed E-state index contributed by atoms with van der Waals surface area (Å²) in [5.41, 5.74) is -0.744. The molecule has 2 unspecified atom stereocenters. The number of carbonyl (C=O) groups is 1.